The zero-order valence-corrected chi connectivity index (χ0v) is 15.2. The van der Waals surface area contributed by atoms with Crippen LogP contribution in [0.25, 0.3) is 0 Å². The number of pyridine rings is 1. The Morgan fingerprint density at radius 3 is 2.68 bits per heavy atom. The SMILES string of the molecule is COCCOc1c(Cl)cccc1NC(=O)c1ccc(OC(C)C)nc1. The molecule has 0 unspecified atom stereocenters. The molecule has 6 nitrogen and oxygen atoms in total. The summed E-state index contributed by atoms with van der Waals surface area (Å²) in [5.41, 5.74) is 0.884. The van der Waals surface area contributed by atoms with Crippen molar-refractivity contribution in [2.75, 3.05) is 25.6 Å². The average molecular weight is 365 g/mol. The van der Waals surface area contributed by atoms with Crippen LogP contribution in [0.2, 0.25) is 5.02 Å². The predicted octanol–water partition coefficient (Wildman–Crippen LogP) is 3.80. The third kappa shape index (κ3) is 5.62. The van der Waals surface area contributed by atoms with E-state index in [9.17, 15) is 4.79 Å². The minimum absolute atomic E-state index is 0.0189. The number of para-hydroxylation sites is 1. The monoisotopic (exact) mass is 364 g/mol. The van der Waals surface area contributed by atoms with E-state index in [0.717, 1.165) is 0 Å². The second-order valence-electron chi connectivity index (χ2n) is 5.46. The van der Waals surface area contributed by atoms with Crippen molar-refractivity contribution in [3.63, 3.8) is 0 Å². The molecule has 2 aromatic rings. The molecular formula is C18H21ClN2O4. The number of halogens is 1. The summed E-state index contributed by atoms with van der Waals surface area (Å²) < 4.78 is 16.0. The number of carbonyl (C=O) groups is 1. The number of hydrogen-bond donors (Lipinski definition) is 1. The Bertz CT molecular complexity index is 705. The maximum atomic E-state index is 12.4. The first kappa shape index (κ1) is 19.0. The first-order valence-corrected chi connectivity index (χ1v) is 8.23. The van der Waals surface area contributed by atoms with E-state index in [-0.39, 0.29) is 12.0 Å². The molecule has 0 spiro atoms. The Kier molecular flexibility index (Phi) is 7.03. The first-order valence-electron chi connectivity index (χ1n) is 7.85. The van der Waals surface area contributed by atoms with Crippen molar-refractivity contribution in [1.82, 2.24) is 4.98 Å². The fourth-order valence-electron chi connectivity index (χ4n) is 2.00. The number of methoxy groups -OCH3 is 1. The van der Waals surface area contributed by atoms with Crippen molar-refractivity contribution in [3.05, 3.63) is 47.1 Å². The maximum Gasteiger partial charge on any atom is 0.257 e. The summed E-state index contributed by atoms with van der Waals surface area (Å²) in [6.07, 6.45) is 1.48. The van der Waals surface area contributed by atoms with E-state index in [0.29, 0.717) is 41.1 Å². The quantitative estimate of drug-likeness (QED) is 0.721. The lowest BCUT2D eigenvalue weighted by molar-refractivity contribution is 0.102. The molecular weight excluding hydrogens is 344 g/mol. The van der Waals surface area contributed by atoms with Crippen LogP contribution in [0.3, 0.4) is 0 Å². The molecule has 0 saturated carbocycles. The van der Waals surface area contributed by atoms with Crippen molar-refractivity contribution in [2.24, 2.45) is 0 Å². The Labute approximate surface area is 152 Å². The van der Waals surface area contributed by atoms with Gasteiger partial charge in [0.15, 0.2) is 5.75 Å². The molecule has 1 amide bonds. The third-order valence-corrected chi connectivity index (χ3v) is 3.40. The van der Waals surface area contributed by atoms with E-state index in [1.807, 2.05) is 13.8 Å². The van der Waals surface area contributed by atoms with Crippen LogP contribution in [0.5, 0.6) is 11.6 Å². The summed E-state index contributed by atoms with van der Waals surface area (Å²) in [5.74, 6) is 0.558. The predicted molar refractivity (Wildman–Crippen MR) is 96.8 cm³/mol. The van der Waals surface area contributed by atoms with Crippen LogP contribution in [0, 0.1) is 0 Å². The fourth-order valence-corrected chi connectivity index (χ4v) is 2.23. The summed E-state index contributed by atoms with van der Waals surface area (Å²) in [6, 6.07) is 8.45. The van der Waals surface area contributed by atoms with Crippen LogP contribution >= 0.6 is 11.6 Å². The minimum Gasteiger partial charge on any atom is -0.487 e. The fraction of sp³-hybridized carbons (Fsp3) is 0.333. The number of ether oxygens (including phenoxy) is 3. The van der Waals surface area contributed by atoms with Gasteiger partial charge in [-0.3, -0.25) is 4.79 Å². The van der Waals surface area contributed by atoms with Gasteiger partial charge in [-0.25, -0.2) is 4.98 Å². The Morgan fingerprint density at radius 1 is 1.24 bits per heavy atom. The topological polar surface area (TPSA) is 69.7 Å². The second kappa shape index (κ2) is 9.25. The highest BCUT2D eigenvalue weighted by Gasteiger charge is 2.13. The van der Waals surface area contributed by atoms with Gasteiger partial charge < -0.3 is 19.5 Å². The molecule has 25 heavy (non-hydrogen) atoms. The summed E-state index contributed by atoms with van der Waals surface area (Å²) >= 11 is 6.16. The average Bonchev–Trinajstić information content (AvgIpc) is 2.57. The number of rotatable bonds is 8. The van der Waals surface area contributed by atoms with Gasteiger partial charge in [0, 0.05) is 19.4 Å². The summed E-state index contributed by atoms with van der Waals surface area (Å²) in [7, 11) is 1.58. The summed E-state index contributed by atoms with van der Waals surface area (Å²) in [6.45, 7) is 4.56. The zero-order chi connectivity index (χ0) is 18.2. The van der Waals surface area contributed by atoms with Gasteiger partial charge in [-0.1, -0.05) is 17.7 Å². The van der Waals surface area contributed by atoms with Crippen molar-refractivity contribution < 1.29 is 19.0 Å². The second-order valence-corrected chi connectivity index (χ2v) is 5.87. The highest BCUT2D eigenvalue weighted by Crippen LogP contribution is 2.33. The lowest BCUT2D eigenvalue weighted by atomic mass is 10.2. The van der Waals surface area contributed by atoms with E-state index in [4.69, 9.17) is 25.8 Å². The molecule has 1 heterocycles. The lowest BCUT2D eigenvalue weighted by Gasteiger charge is -2.14. The summed E-state index contributed by atoms with van der Waals surface area (Å²) in [5, 5.41) is 3.19. The van der Waals surface area contributed by atoms with E-state index < -0.39 is 0 Å². The number of anilines is 1. The zero-order valence-electron chi connectivity index (χ0n) is 14.4. The Balaban J connectivity index is 2.10. The van der Waals surface area contributed by atoms with E-state index >= 15 is 0 Å². The molecule has 7 heteroatoms. The highest BCUT2D eigenvalue weighted by atomic mass is 35.5. The van der Waals surface area contributed by atoms with Crippen molar-refractivity contribution in [1.29, 1.82) is 0 Å². The smallest absolute Gasteiger partial charge is 0.257 e. The Hall–Kier alpha value is -2.31. The van der Waals surface area contributed by atoms with Gasteiger partial charge >= 0.3 is 0 Å². The molecule has 2 rings (SSSR count). The van der Waals surface area contributed by atoms with Crippen molar-refractivity contribution in [2.45, 2.75) is 20.0 Å². The minimum atomic E-state index is -0.317. The van der Waals surface area contributed by atoms with Crippen LogP contribution in [-0.2, 0) is 4.74 Å². The van der Waals surface area contributed by atoms with E-state index in [2.05, 4.69) is 10.3 Å². The Morgan fingerprint density at radius 2 is 2.04 bits per heavy atom. The normalized spacial score (nSPS) is 10.6. The molecule has 1 N–H and O–H groups in total. The number of carbonyl (C=O) groups excluding carboxylic acids is 1. The van der Waals surface area contributed by atoms with Gasteiger partial charge in [0.1, 0.15) is 6.61 Å². The molecule has 0 atom stereocenters. The molecule has 0 radical (unpaired) electrons. The largest absolute Gasteiger partial charge is 0.487 e. The van der Waals surface area contributed by atoms with E-state index in [1.54, 1.807) is 37.4 Å². The molecule has 0 aliphatic carbocycles. The molecule has 0 bridgehead atoms. The molecule has 0 saturated heterocycles. The van der Waals surface area contributed by atoms with Crippen molar-refractivity contribution in [3.8, 4) is 11.6 Å². The molecule has 1 aromatic carbocycles. The molecule has 0 aliphatic heterocycles. The van der Waals surface area contributed by atoms with Gasteiger partial charge in [-0.05, 0) is 32.0 Å². The van der Waals surface area contributed by atoms with Gasteiger partial charge in [0.25, 0.3) is 5.91 Å². The number of nitrogens with zero attached hydrogens (tertiary/aromatic N) is 1. The van der Waals surface area contributed by atoms with Gasteiger partial charge in [-0.15, -0.1) is 0 Å². The first-order chi connectivity index (χ1) is 12.0. The van der Waals surface area contributed by atoms with Gasteiger partial charge in [0.05, 0.1) is 29.0 Å². The van der Waals surface area contributed by atoms with E-state index in [1.165, 1.54) is 6.20 Å². The van der Waals surface area contributed by atoms with Crippen molar-refractivity contribution >= 4 is 23.2 Å². The van der Waals surface area contributed by atoms with Crippen LogP contribution in [0.1, 0.15) is 24.2 Å². The molecule has 134 valence electrons. The highest BCUT2D eigenvalue weighted by molar-refractivity contribution is 6.32. The van der Waals surface area contributed by atoms with Crippen LogP contribution in [0.15, 0.2) is 36.5 Å². The van der Waals surface area contributed by atoms with Gasteiger partial charge in [0.2, 0.25) is 5.88 Å². The number of nitrogens with one attached hydrogen (secondary N) is 1. The maximum absolute atomic E-state index is 12.4. The lowest BCUT2D eigenvalue weighted by Crippen LogP contribution is -2.14. The number of hydrogen-bond acceptors (Lipinski definition) is 5. The number of benzene rings is 1. The number of amides is 1. The molecule has 0 fully saturated rings. The molecule has 0 aliphatic rings. The van der Waals surface area contributed by atoms with Crippen LogP contribution in [0.4, 0.5) is 5.69 Å². The third-order valence-electron chi connectivity index (χ3n) is 3.10. The van der Waals surface area contributed by atoms with Crippen LogP contribution in [-0.4, -0.2) is 37.3 Å². The summed E-state index contributed by atoms with van der Waals surface area (Å²) in [4.78, 5) is 16.6. The standard InChI is InChI=1S/C18H21ClN2O4/c1-12(2)25-16-8-7-13(11-20-16)18(22)21-15-6-4-5-14(19)17(15)24-10-9-23-3/h4-8,11-12H,9-10H2,1-3H3,(H,21,22). The van der Waals surface area contributed by atoms with Crippen LogP contribution < -0.4 is 14.8 Å². The number of aromatic nitrogens is 1. The molecule has 1 aromatic heterocycles. The van der Waals surface area contributed by atoms with Gasteiger partial charge in [-0.2, -0.15) is 0 Å².